The molecule has 5 aromatic heterocycles. The molecule has 6 rings (SSSR count). The van der Waals surface area contributed by atoms with Crippen LogP contribution in [0.3, 0.4) is 0 Å². The molecule has 0 aromatic carbocycles. The highest BCUT2D eigenvalue weighted by Crippen LogP contribution is 2.35. The number of methoxy groups -OCH3 is 1. The minimum absolute atomic E-state index is 0.0765. The number of aromatic nitrogens is 7. The van der Waals surface area contributed by atoms with Crippen LogP contribution >= 0.6 is 22.9 Å². The first-order chi connectivity index (χ1) is 19.9. The third kappa shape index (κ3) is 5.57. The summed E-state index contributed by atoms with van der Waals surface area (Å²) >= 11 is 7.35. The largest absolute Gasteiger partial charge is 0.494 e. The van der Waals surface area contributed by atoms with E-state index in [2.05, 4.69) is 35.3 Å². The fourth-order valence-electron chi connectivity index (χ4n) is 4.18. The van der Waals surface area contributed by atoms with Crippen molar-refractivity contribution in [1.82, 2.24) is 34.7 Å². The van der Waals surface area contributed by atoms with E-state index in [4.69, 9.17) is 25.8 Å². The molecule has 1 N–H and O–H groups in total. The van der Waals surface area contributed by atoms with Gasteiger partial charge in [-0.25, -0.2) is 15.0 Å². The van der Waals surface area contributed by atoms with Gasteiger partial charge in [0.1, 0.15) is 17.0 Å². The minimum Gasteiger partial charge on any atom is -0.494 e. The number of hydrogen-bond donors (Lipinski definition) is 1. The number of nitrogens with one attached hydrogen (secondary N) is 1. The molecule has 1 aliphatic heterocycles. The van der Waals surface area contributed by atoms with Gasteiger partial charge in [0.05, 0.1) is 44.5 Å². The number of carbonyl (C=O) groups excluding carboxylic acids is 1. The molecule has 13 nitrogen and oxygen atoms in total. The summed E-state index contributed by atoms with van der Waals surface area (Å²) in [5, 5.41) is 7.43. The summed E-state index contributed by atoms with van der Waals surface area (Å²) in [6.07, 6.45) is 6.53. The van der Waals surface area contributed by atoms with Crippen molar-refractivity contribution in [2.24, 2.45) is 0 Å². The lowest BCUT2D eigenvalue weighted by Gasteiger charge is -2.14. The molecular weight excluding hydrogens is 572 g/mol. The van der Waals surface area contributed by atoms with Crippen LogP contribution in [0.5, 0.6) is 11.6 Å². The van der Waals surface area contributed by atoms with Crippen molar-refractivity contribution in [2.45, 2.75) is 19.4 Å². The highest BCUT2D eigenvalue weighted by molar-refractivity contribution is 7.21. The van der Waals surface area contributed by atoms with E-state index in [1.165, 1.54) is 31.8 Å². The fraction of sp³-hybridized carbons (Fsp3) is 0.231. The van der Waals surface area contributed by atoms with Gasteiger partial charge < -0.3 is 14.2 Å². The molecule has 208 valence electrons. The quantitative estimate of drug-likeness (QED) is 0.276. The van der Waals surface area contributed by atoms with Crippen LogP contribution in [0.25, 0.3) is 27.4 Å². The number of aryl methyl sites for hydroxylation is 1. The Kier molecular flexibility index (Phi) is 7.26. The Bertz CT molecular complexity index is 1840. The average molecular weight is 593 g/mol. The second-order valence-electron chi connectivity index (χ2n) is 8.99. The van der Waals surface area contributed by atoms with Crippen LogP contribution in [0.15, 0.2) is 47.8 Å². The highest BCUT2D eigenvalue weighted by Gasteiger charge is 2.22. The molecule has 5 aromatic rings. The maximum absolute atomic E-state index is 13.6. The molecule has 0 bridgehead atoms. The number of hydrogen-bond acceptors (Lipinski definition) is 12. The molecule has 15 heteroatoms. The second kappa shape index (κ2) is 11.2. The minimum atomic E-state index is -0.517. The standard InChI is InChI=1S/C26H21ClN8O5S/c1-13-5-22(36)35(31-8-13)20-7-15(16-6-19(27)28-10-18(16)38-2)17(9-29-20)24(37)34-26-33-23-25(41-26)32-21(11-30-23)40-14-3-4-39-12-14/h5-11,14H,3-4,12H2,1-2H3,(H,30,33,34,37). The summed E-state index contributed by atoms with van der Waals surface area (Å²) in [5.41, 5.74) is 1.71. The number of anilines is 1. The number of carbonyl (C=O) groups is 1. The van der Waals surface area contributed by atoms with Crippen LogP contribution in [-0.4, -0.2) is 67.0 Å². The highest BCUT2D eigenvalue weighted by atomic mass is 35.5. The maximum atomic E-state index is 13.6. The van der Waals surface area contributed by atoms with Crippen molar-refractivity contribution in [3.63, 3.8) is 0 Å². The van der Waals surface area contributed by atoms with Gasteiger partial charge in [-0.3, -0.25) is 14.9 Å². The number of ether oxygens (including phenoxy) is 3. The van der Waals surface area contributed by atoms with E-state index in [0.29, 0.717) is 52.0 Å². The molecular formula is C26H21ClN8O5S. The van der Waals surface area contributed by atoms with Gasteiger partial charge in [0.25, 0.3) is 11.5 Å². The molecule has 1 saturated heterocycles. The van der Waals surface area contributed by atoms with Gasteiger partial charge >= 0.3 is 0 Å². The normalized spacial score (nSPS) is 14.8. The summed E-state index contributed by atoms with van der Waals surface area (Å²) in [6, 6.07) is 4.56. The molecule has 1 aliphatic rings. The zero-order valence-corrected chi connectivity index (χ0v) is 23.3. The molecule has 41 heavy (non-hydrogen) atoms. The molecule has 0 saturated carbocycles. The van der Waals surface area contributed by atoms with Crippen molar-refractivity contribution in [3.8, 4) is 28.6 Å². The van der Waals surface area contributed by atoms with Crippen LogP contribution in [-0.2, 0) is 4.74 Å². The summed E-state index contributed by atoms with van der Waals surface area (Å²) in [7, 11) is 1.47. The fourth-order valence-corrected chi connectivity index (χ4v) is 5.13. The first-order valence-electron chi connectivity index (χ1n) is 12.3. The lowest BCUT2D eigenvalue weighted by molar-refractivity contribution is 0.102. The number of thiazole rings is 1. The second-order valence-corrected chi connectivity index (χ2v) is 10.4. The van der Waals surface area contributed by atoms with Crippen molar-refractivity contribution in [3.05, 3.63) is 69.6 Å². The maximum Gasteiger partial charge on any atom is 0.273 e. The number of pyridine rings is 2. The van der Waals surface area contributed by atoms with Crippen LogP contribution in [0.1, 0.15) is 22.3 Å². The first-order valence-corrected chi connectivity index (χ1v) is 13.5. The van der Waals surface area contributed by atoms with Crippen molar-refractivity contribution in [1.29, 1.82) is 0 Å². The Hall–Kier alpha value is -4.53. The van der Waals surface area contributed by atoms with E-state index >= 15 is 0 Å². The molecule has 6 heterocycles. The predicted molar refractivity (Wildman–Crippen MR) is 150 cm³/mol. The number of nitrogens with zero attached hydrogens (tertiary/aromatic N) is 7. The molecule has 1 amide bonds. The van der Waals surface area contributed by atoms with E-state index < -0.39 is 5.91 Å². The Morgan fingerprint density at radius 2 is 2.00 bits per heavy atom. The number of fused-ring (bicyclic) bond motifs is 1. The topological polar surface area (TPSA) is 156 Å². The van der Waals surface area contributed by atoms with Gasteiger partial charge in [0.2, 0.25) is 5.88 Å². The third-order valence-corrected chi connectivity index (χ3v) is 7.19. The Morgan fingerprint density at radius 3 is 2.78 bits per heavy atom. The van der Waals surface area contributed by atoms with E-state index in [-0.39, 0.29) is 33.3 Å². The van der Waals surface area contributed by atoms with Crippen molar-refractivity contribution in [2.75, 3.05) is 25.6 Å². The van der Waals surface area contributed by atoms with Gasteiger partial charge in [0, 0.05) is 29.8 Å². The van der Waals surface area contributed by atoms with Gasteiger partial charge in [-0.15, -0.1) is 0 Å². The van der Waals surface area contributed by atoms with Gasteiger partial charge in [-0.1, -0.05) is 22.9 Å². The number of halogens is 1. The number of amides is 1. The number of rotatable bonds is 7. The Labute approximate surface area is 241 Å². The van der Waals surface area contributed by atoms with E-state index in [1.807, 2.05) is 0 Å². The first kappa shape index (κ1) is 26.7. The zero-order chi connectivity index (χ0) is 28.5. The van der Waals surface area contributed by atoms with Gasteiger partial charge in [-0.2, -0.15) is 19.7 Å². The van der Waals surface area contributed by atoms with Crippen LogP contribution < -0.4 is 20.3 Å². The van der Waals surface area contributed by atoms with Crippen molar-refractivity contribution < 1.29 is 19.0 Å². The van der Waals surface area contributed by atoms with Crippen LogP contribution in [0, 0.1) is 6.92 Å². The summed E-state index contributed by atoms with van der Waals surface area (Å²) in [4.78, 5) is 48.3. The van der Waals surface area contributed by atoms with Crippen LogP contribution in [0.2, 0.25) is 5.15 Å². The molecule has 0 spiro atoms. The molecule has 1 fully saturated rings. The lowest BCUT2D eigenvalue weighted by atomic mass is 10.0. The molecule has 0 radical (unpaired) electrons. The SMILES string of the molecule is COc1cnc(Cl)cc1-c1cc(-n2ncc(C)cc2=O)ncc1C(=O)Nc1nc2ncc(OC3CCOC3)nc2s1. The molecule has 1 unspecified atom stereocenters. The molecule has 0 aliphatic carbocycles. The summed E-state index contributed by atoms with van der Waals surface area (Å²) in [5.74, 6) is 0.401. The zero-order valence-electron chi connectivity index (χ0n) is 21.7. The van der Waals surface area contributed by atoms with Gasteiger partial charge in [-0.05, 0) is 24.6 Å². The summed E-state index contributed by atoms with van der Waals surface area (Å²) < 4.78 is 17.8. The predicted octanol–water partition coefficient (Wildman–Crippen LogP) is 3.48. The Balaban J connectivity index is 1.36. The van der Waals surface area contributed by atoms with E-state index in [9.17, 15) is 9.59 Å². The molecule has 1 atom stereocenters. The third-order valence-electron chi connectivity index (χ3n) is 6.13. The summed E-state index contributed by atoms with van der Waals surface area (Å²) in [6.45, 7) is 2.91. The smallest absolute Gasteiger partial charge is 0.273 e. The monoisotopic (exact) mass is 592 g/mol. The lowest BCUT2D eigenvalue weighted by Crippen LogP contribution is -2.22. The van der Waals surface area contributed by atoms with E-state index in [0.717, 1.165) is 22.4 Å². The van der Waals surface area contributed by atoms with Crippen molar-refractivity contribution >= 4 is 44.5 Å². The van der Waals surface area contributed by atoms with E-state index in [1.54, 1.807) is 25.3 Å². The van der Waals surface area contributed by atoms with Gasteiger partial charge in [0.15, 0.2) is 21.4 Å². The average Bonchev–Trinajstić information content (AvgIpc) is 3.62. The van der Waals surface area contributed by atoms with Crippen LogP contribution in [0.4, 0.5) is 5.13 Å². The Morgan fingerprint density at radius 1 is 1.12 bits per heavy atom.